The SMILES string of the molecule is CC1CC(C)N(C(=O)C2NCCC2C)C1. The monoisotopic (exact) mass is 210 g/mol. The van der Waals surface area contributed by atoms with Crippen LogP contribution in [0.2, 0.25) is 0 Å². The van der Waals surface area contributed by atoms with Crippen LogP contribution in [0.4, 0.5) is 0 Å². The van der Waals surface area contributed by atoms with Crippen molar-refractivity contribution in [3.05, 3.63) is 0 Å². The highest BCUT2D eigenvalue weighted by atomic mass is 16.2. The van der Waals surface area contributed by atoms with E-state index in [9.17, 15) is 4.79 Å². The van der Waals surface area contributed by atoms with Crippen LogP contribution in [0.1, 0.15) is 33.6 Å². The minimum Gasteiger partial charge on any atom is -0.338 e. The zero-order valence-electron chi connectivity index (χ0n) is 9.99. The molecule has 2 saturated heterocycles. The number of carbonyl (C=O) groups is 1. The molecule has 15 heavy (non-hydrogen) atoms. The van der Waals surface area contributed by atoms with Crippen LogP contribution in [-0.2, 0) is 4.79 Å². The van der Waals surface area contributed by atoms with E-state index >= 15 is 0 Å². The Labute approximate surface area is 92.2 Å². The molecule has 0 aliphatic carbocycles. The van der Waals surface area contributed by atoms with E-state index in [0.717, 1.165) is 25.9 Å². The molecule has 1 N–H and O–H groups in total. The maximum atomic E-state index is 12.3. The van der Waals surface area contributed by atoms with Gasteiger partial charge in [-0.25, -0.2) is 0 Å². The molecular formula is C12H22N2O. The van der Waals surface area contributed by atoms with Crippen molar-refractivity contribution in [1.29, 1.82) is 0 Å². The minimum atomic E-state index is 0.0812. The fourth-order valence-electron chi connectivity index (χ4n) is 2.95. The molecule has 3 heteroatoms. The molecule has 0 bridgehead atoms. The quantitative estimate of drug-likeness (QED) is 0.706. The third-order valence-electron chi connectivity index (χ3n) is 3.87. The molecule has 4 atom stereocenters. The topological polar surface area (TPSA) is 32.3 Å². The highest BCUT2D eigenvalue weighted by Crippen LogP contribution is 2.25. The maximum Gasteiger partial charge on any atom is 0.240 e. The lowest BCUT2D eigenvalue weighted by Gasteiger charge is -2.26. The summed E-state index contributed by atoms with van der Waals surface area (Å²) in [7, 11) is 0. The number of likely N-dealkylation sites (tertiary alicyclic amines) is 1. The number of amides is 1. The number of hydrogen-bond donors (Lipinski definition) is 1. The summed E-state index contributed by atoms with van der Waals surface area (Å²) in [5, 5.41) is 3.33. The Morgan fingerprint density at radius 3 is 2.53 bits per heavy atom. The first-order valence-corrected chi connectivity index (χ1v) is 6.13. The van der Waals surface area contributed by atoms with Crippen molar-refractivity contribution in [2.75, 3.05) is 13.1 Å². The number of nitrogens with zero attached hydrogens (tertiary/aromatic N) is 1. The van der Waals surface area contributed by atoms with Gasteiger partial charge in [-0.15, -0.1) is 0 Å². The van der Waals surface area contributed by atoms with Gasteiger partial charge in [-0.05, 0) is 38.1 Å². The summed E-state index contributed by atoms with van der Waals surface area (Å²) in [5.41, 5.74) is 0. The summed E-state index contributed by atoms with van der Waals surface area (Å²) in [6.45, 7) is 8.52. The number of hydrogen-bond acceptors (Lipinski definition) is 2. The molecule has 2 heterocycles. The van der Waals surface area contributed by atoms with Gasteiger partial charge in [-0.3, -0.25) is 4.79 Å². The molecule has 4 unspecified atom stereocenters. The third-order valence-corrected chi connectivity index (χ3v) is 3.87. The van der Waals surface area contributed by atoms with Crippen molar-refractivity contribution in [2.45, 2.75) is 45.7 Å². The lowest BCUT2D eigenvalue weighted by atomic mass is 10.0. The molecule has 0 saturated carbocycles. The van der Waals surface area contributed by atoms with E-state index in [1.165, 1.54) is 0 Å². The van der Waals surface area contributed by atoms with Crippen LogP contribution in [0.25, 0.3) is 0 Å². The predicted octanol–water partition coefficient (Wildman–Crippen LogP) is 1.24. The van der Waals surface area contributed by atoms with Gasteiger partial charge >= 0.3 is 0 Å². The molecule has 0 radical (unpaired) electrons. The van der Waals surface area contributed by atoms with Crippen LogP contribution in [0.3, 0.4) is 0 Å². The molecule has 2 aliphatic heterocycles. The van der Waals surface area contributed by atoms with E-state index in [1.54, 1.807) is 0 Å². The highest BCUT2D eigenvalue weighted by Gasteiger charge is 2.37. The Hall–Kier alpha value is -0.570. The van der Waals surface area contributed by atoms with Crippen LogP contribution in [0, 0.1) is 11.8 Å². The molecule has 0 aromatic carbocycles. The molecule has 2 fully saturated rings. The normalized spacial score (nSPS) is 41.1. The minimum absolute atomic E-state index is 0.0812. The van der Waals surface area contributed by atoms with E-state index in [0.29, 0.717) is 23.8 Å². The summed E-state index contributed by atoms with van der Waals surface area (Å²) in [6.07, 6.45) is 2.29. The molecule has 2 aliphatic rings. The van der Waals surface area contributed by atoms with Gasteiger partial charge in [0.25, 0.3) is 0 Å². The van der Waals surface area contributed by atoms with Crippen LogP contribution in [0.5, 0.6) is 0 Å². The van der Waals surface area contributed by atoms with Crippen LogP contribution >= 0.6 is 0 Å². The van der Waals surface area contributed by atoms with E-state index in [4.69, 9.17) is 0 Å². The van der Waals surface area contributed by atoms with Crippen molar-refractivity contribution in [3.63, 3.8) is 0 Å². The van der Waals surface area contributed by atoms with Crippen LogP contribution in [-0.4, -0.2) is 36.0 Å². The second-order valence-corrected chi connectivity index (χ2v) is 5.38. The molecule has 2 rings (SSSR count). The van der Waals surface area contributed by atoms with Gasteiger partial charge in [-0.1, -0.05) is 13.8 Å². The zero-order valence-corrected chi connectivity index (χ0v) is 9.99. The Kier molecular flexibility index (Phi) is 3.01. The van der Waals surface area contributed by atoms with E-state index in [-0.39, 0.29) is 6.04 Å². The second kappa shape index (κ2) is 4.12. The highest BCUT2D eigenvalue weighted by molar-refractivity contribution is 5.83. The fourth-order valence-corrected chi connectivity index (χ4v) is 2.95. The largest absolute Gasteiger partial charge is 0.338 e. The molecule has 0 spiro atoms. The third kappa shape index (κ3) is 2.03. The lowest BCUT2D eigenvalue weighted by Crippen LogP contribution is -2.47. The van der Waals surface area contributed by atoms with Gasteiger partial charge in [0.1, 0.15) is 0 Å². The Morgan fingerprint density at radius 2 is 2.07 bits per heavy atom. The van der Waals surface area contributed by atoms with Crippen LogP contribution in [0.15, 0.2) is 0 Å². The molecule has 0 aromatic heterocycles. The molecule has 1 amide bonds. The average molecular weight is 210 g/mol. The Balaban J connectivity index is 2.01. The fraction of sp³-hybridized carbons (Fsp3) is 0.917. The van der Waals surface area contributed by atoms with Gasteiger partial charge in [0, 0.05) is 12.6 Å². The van der Waals surface area contributed by atoms with Gasteiger partial charge in [-0.2, -0.15) is 0 Å². The van der Waals surface area contributed by atoms with Crippen molar-refractivity contribution < 1.29 is 4.79 Å². The summed E-state index contributed by atoms with van der Waals surface area (Å²) < 4.78 is 0. The summed E-state index contributed by atoms with van der Waals surface area (Å²) in [6, 6.07) is 0.514. The number of rotatable bonds is 1. The van der Waals surface area contributed by atoms with E-state index < -0.39 is 0 Å². The zero-order chi connectivity index (χ0) is 11.0. The van der Waals surface area contributed by atoms with E-state index in [1.807, 2.05) is 0 Å². The Bertz CT molecular complexity index is 254. The summed E-state index contributed by atoms with van der Waals surface area (Å²) in [5.74, 6) is 1.50. The summed E-state index contributed by atoms with van der Waals surface area (Å²) in [4.78, 5) is 14.4. The van der Waals surface area contributed by atoms with Crippen molar-refractivity contribution >= 4 is 5.91 Å². The molecule has 3 nitrogen and oxygen atoms in total. The number of carbonyl (C=O) groups excluding carboxylic acids is 1. The molecule has 86 valence electrons. The van der Waals surface area contributed by atoms with Gasteiger partial charge in [0.15, 0.2) is 0 Å². The summed E-state index contributed by atoms with van der Waals surface area (Å²) >= 11 is 0. The maximum absolute atomic E-state index is 12.3. The first kappa shape index (κ1) is 10.9. The van der Waals surface area contributed by atoms with Crippen molar-refractivity contribution in [2.24, 2.45) is 11.8 Å². The van der Waals surface area contributed by atoms with Gasteiger partial charge in [0.2, 0.25) is 5.91 Å². The first-order chi connectivity index (χ1) is 7.09. The first-order valence-electron chi connectivity index (χ1n) is 6.13. The molecule has 0 aromatic rings. The number of nitrogens with one attached hydrogen (secondary N) is 1. The standard InChI is InChI=1S/C12H22N2O/c1-8-6-10(3)14(7-8)12(15)11-9(2)4-5-13-11/h8-11,13H,4-7H2,1-3H3. The van der Waals surface area contributed by atoms with Gasteiger partial charge in [0.05, 0.1) is 6.04 Å². The molecular weight excluding hydrogens is 188 g/mol. The predicted molar refractivity (Wildman–Crippen MR) is 60.5 cm³/mol. The Morgan fingerprint density at radius 1 is 1.33 bits per heavy atom. The second-order valence-electron chi connectivity index (χ2n) is 5.38. The van der Waals surface area contributed by atoms with Crippen molar-refractivity contribution in [3.8, 4) is 0 Å². The van der Waals surface area contributed by atoms with Crippen LogP contribution < -0.4 is 5.32 Å². The lowest BCUT2D eigenvalue weighted by molar-refractivity contribution is -0.134. The van der Waals surface area contributed by atoms with E-state index in [2.05, 4.69) is 31.0 Å². The average Bonchev–Trinajstić information content (AvgIpc) is 2.71. The van der Waals surface area contributed by atoms with Gasteiger partial charge < -0.3 is 10.2 Å². The van der Waals surface area contributed by atoms with Crippen molar-refractivity contribution in [1.82, 2.24) is 10.2 Å². The smallest absolute Gasteiger partial charge is 0.240 e.